The van der Waals surface area contributed by atoms with Crippen LogP contribution in [-0.2, 0) is 9.84 Å². The van der Waals surface area contributed by atoms with Gasteiger partial charge in [-0.2, -0.15) is 0 Å². The van der Waals surface area contributed by atoms with Gasteiger partial charge in [-0.25, -0.2) is 13.4 Å². The maximum Gasteiger partial charge on any atom is 0.158 e. The summed E-state index contributed by atoms with van der Waals surface area (Å²) < 4.78 is 23.3. The molecule has 0 amide bonds. The van der Waals surface area contributed by atoms with Crippen LogP contribution in [0, 0.1) is 0 Å². The van der Waals surface area contributed by atoms with Crippen LogP contribution in [0.2, 0.25) is 5.15 Å². The largest absolute Gasteiger partial charge is 0.396 e. The zero-order valence-corrected chi connectivity index (χ0v) is 9.55. The summed E-state index contributed by atoms with van der Waals surface area (Å²) in [6.07, 6.45) is 1.31. The van der Waals surface area contributed by atoms with Gasteiger partial charge in [0.1, 0.15) is 5.25 Å². The first-order valence-corrected chi connectivity index (χ1v) is 6.73. The zero-order valence-electron chi connectivity index (χ0n) is 7.98. The molecule has 0 saturated carbocycles. The number of anilines is 1. The molecule has 1 aromatic rings. The fourth-order valence-corrected chi connectivity index (χ4v) is 3.80. The lowest BCUT2D eigenvalue weighted by atomic mass is 10.2. The first-order valence-electron chi connectivity index (χ1n) is 4.64. The Morgan fingerprint density at radius 1 is 1.47 bits per heavy atom. The predicted molar refractivity (Wildman–Crippen MR) is 59.4 cm³/mol. The van der Waals surface area contributed by atoms with Gasteiger partial charge in [0.15, 0.2) is 15.0 Å². The number of hydrogen-bond donors (Lipinski definition) is 1. The van der Waals surface area contributed by atoms with E-state index in [0.29, 0.717) is 24.2 Å². The molecule has 6 heteroatoms. The van der Waals surface area contributed by atoms with Crippen LogP contribution < -0.4 is 5.73 Å². The minimum Gasteiger partial charge on any atom is -0.396 e. The minimum atomic E-state index is -3.03. The van der Waals surface area contributed by atoms with E-state index in [-0.39, 0.29) is 10.9 Å². The molecule has 0 spiro atoms. The summed E-state index contributed by atoms with van der Waals surface area (Å²) in [7, 11) is -3.03. The summed E-state index contributed by atoms with van der Waals surface area (Å²) in [5, 5.41) is -0.329. The Morgan fingerprint density at radius 2 is 2.20 bits per heavy atom. The van der Waals surface area contributed by atoms with Crippen molar-refractivity contribution in [3.63, 3.8) is 0 Å². The molecule has 2 N–H and O–H groups in total. The molecule has 1 aliphatic heterocycles. The Kier molecular flexibility index (Phi) is 2.60. The highest BCUT2D eigenvalue weighted by Crippen LogP contribution is 2.34. The Bertz CT molecular complexity index is 487. The number of rotatable bonds is 1. The first kappa shape index (κ1) is 10.7. The molecular formula is C9H11ClN2O2S. The lowest BCUT2D eigenvalue weighted by molar-refractivity contribution is 0.591. The average Bonchev–Trinajstić information content (AvgIpc) is 2.50. The van der Waals surface area contributed by atoms with Gasteiger partial charge >= 0.3 is 0 Å². The molecule has 2 rings (SSSR count). The minimum absolute atomic E-state index is 0.176. The Morgan fingerprint density at radius 3 is 2.73 bits per heavy atom. The maximum absolute atomic E-state index is 11.6. The zero-order chi connectivity index (χ0) is 11.1. The molecule has 0 aliphatic carbocycles. The summed E-state index contributed by atoms with van der Waals surface area (Å²) in [5.74, 6) is 0.237. The number of hydrogen-bond acceptors (Lipinski definition) is 4. The molecule has 15 heavy (non-hydrogen) atoms. The van der Waals surface area contributed by atoms with Crippen molar-refractivity contribution in [2.24, 2.45) is 0 Å². The second kappa shape index (κ2) is 3.64. The highest BCUT2D eigenvalue weighted by atomic mass is 35.5. The van der Waals surface area contributed by atoms with E-state index in [9.17, 15) is 8.42 Å². The van der Waals surface area contributed by atoms with E-state index in [1.807, 2.05) is 0 Å². The fraction of sp³-hybridized carbons (Fsp3) is 0.444. The summed E-state index contributed by atoms with van der Waals surface area (Å²) in [6.45, 7) is 0. The highest BCUT2D eigenvalue weighted by molar-refractivity contribution is 7.91. The molecule has 1 saturated heterocycles. The topological polar surface area (TPSA) is 73.1 Å². The van der Waals surface area contributed by atoms with Crippen molar-refractivity contribution in [2.75, 3.05) is 11.5 Å². The number of nitrogens with two attached hydrogens (primary N) is 1. The molecule has 1 unspecified atom stereocenters. The summed E-state index contributed by atoms with van der Waals surface area (Å²) >= 11 is 5.75. The number of aromatic nitrogens is 1. The lowest BCUT2D eigenvalue weighted by Gasteiger charge is -2.09. The molecule has 2 heterocycles. The highest BCUT2D eigenvalue weighted by Gasteiger charge is 2.33. The number of sulfone groups is 1. The van der Waals surface area contributed by atoms with Crippen molar-refractivity contribution < 1.29 is 8.42 Å². The third kappa shape index (κ3) is 1.94. The Labute approximate surface area is 93.4 Å². The second-order valence-electron chi connectivity index (χ2n) is 3.61. The number of nitrogens with zero attached hydrogens (tertiary/aromatic N) is 1. The van der Waals surface area contributed by atoms with Crippen LogP contribution in [-0.4, -0.2) is 19.2 Å². The molecule has 1 aliphatic rings. The van der Waals surface area contributed by atoms with Crippen LogP contribution in [0.4, 0.5) is 5.69 Å². The van der Waals surface area contributed by atoms with Gasteiger partial charge in [-0.15, -0.1) is 0 Å². The molecular weight excluding hydrogens is 236 g/mol. The van der Waals surface area contributed by atoms with E-state index < -0.39 is 15.1 Å². The van der Waals surface area contributed by atoms with Gasteiger partial charge < -0.3 is 5.73 Å². The quantitative estimate of drug-likeness (QED) is 0.764. The van der Waals surface area contributed by atoms with E-state index in [2.05, 4.69) is 4.98 Å². The third-order valence-corrected chi connectivity index (χ3v) is 5.06. The number of pyridine rings is 1. The first-order chi connectivity index (χ1) is 7.00. The fourth-order valence-electron chi connectivity index (χ4n) is 1.76. The third-order valence-electron chi connectivity index (χ3n) is 2.56. The molecule has 0 bridgehead atoms. The Hall–Kier alpha value is -0.810. The summed E-state index contributed by atoms with van der Waals surface area (Å²) in [5.41, 5.74) is 6.39. The van der Waals surface area contributed by atoms with Crippen molar-refractivity contribution in [2.45, 2.75) is 18.1 Å². The standard InChI is InChI=1S/C9H11ClN2O2S/c10-9-6(11)3-4-7(12-9)8-2-1-5-15(8,13)14/h3-4,8H,1-2,5,11H2. The van der Waals surface area contributed by atoms with Crippen molar-refractivity contribution in [1.29, 1.82) is 0 Å². The van der Waals surface area contributed by atoms with Crippen LogP contribution in [0.1, 0.15) is 23.8 Å². The van der Waals surface area contributed by atoms with Gasteiger partial charge in [-0.05, 0) is 25.0 Å². The van der Waals surface area contributed by atoms with Gasteiger partial charge in [0.25, 0.3) is 0 Å². The van der Waals surface area contributed by atoms with Crippen LogP contribution in [0.15, 0.2) is 12.1 Å². The van der Waals surface area contributed by atoms with Crippen LogP contribution in [0.3, 0.4) is 0 Å². The van der Waals surface area contributed by atoms with Gasteiger partial charge in [0.05, 0.1) is 17.1 Å². The second-order valence-corrected chi connectivity index (χ2v) is 6.28. The van der Waals surface area contributed by atoms with Crippen LogP contribution in [0.5, 0.6) is 0 Å². The summed E-state index contributed by atoms with van der Waals surface area (Å²) in [4.78, 5) is 4.01. The van der Waals surface area contributed by atoms with Crippen molar-refractivity contribution >= 4 is 27.1 Å². The van der Waals surface area contributed by atoms with E-state index in [4.69, 9.17) is 17.3 Å². The molecule has 1 fully saturated rings. The van der Waals surface area contributed by atoms with Gasteiger partial charge in [0.2, 0.25) is 0 Å². The molecule has 82 valence electrons. The molecule has 4 nitrogen and oxygen atoms in total. The predicted octanol–water partition coefficient (Wildman–Crippen LogP) is 1.57. The molecule has 0 aromatic carbocycles. The summed E-state index contributed by atoms with van der Waals surface area (Å²) in [6, 6.07) is 3.23. The lowest BCUT2D eigenvalue weighted by Crippen LogP contribution is -2.10. The SMILES string of the molecule is Nc1ccc(C2CCCS2(=O)=O)nc1Cl. The average molecular weight is 247 g/mol. The maximum atomic E-state index is 11.6. The van der Waals surface area contributed by atoms with Crippen molar-refractivity contribution in [3.05, 3.63) is 23.0 Å². The van der Waals surface area contributed by atoms with Crippen LogP contribution >= 0.6 is 11.6 Å². The van der Waals surface area contributed by atoms with Gasteiger partial charge in [0, 0.05) is 0 Å². The monoisotopic (exact) mass is 246 g/mol. The van der Waals surface area contributed by atoms with E-state index in [1.54, 1.807) is 12.1 Å². The number of nitrogen functional groups attached to an aromatic ring is 1. The molecule has 1 aromatic heterocycles. The van der Waals surface area contributed by atoms with Crippen molar-refractivity contribution in [1.82, 2.24) is 4.98 Å². The molecule has 0 radical (unpaired) electrons. The van der Waals surface area contributed by atoms with Crippen LogP contribution in [0.25, 0.3) is 0 Å². The van der Waals surface area contributed by atoms with Gasteiger partial charge in [-0.1, -0.05) is 11.6 Å². The van der Waals surface area contributed by atoms with E-state index >= 15 is 0 Å². The Balaban J connectivity index is 2.42. The van der Waals surface area contributed by atoms with E-state index in [1.165, 1.54) is 0 Å². The van der Waals surface area contributed by atoms with E-state index in [0.717, 1.165) is 0 Å². The number of halogens is 1. The van der Waals surface area contributed by atoms with Gasteiger partial charge in [-0.3, -0.25) is 0 Å². The molecule has 1 atom stereocenters. The van der Waals surface area contributed by atoms with Crippen molar-refractivity contribution in [3.8, 4) is 0 Å². The normalized spacial score (nSPS) is 24.2. The smallest absolute Gasteiger partial charge is 0.158 e.